The molecule has 2 atom stereocenters. The predicted molar refractivity (Wildman–Crippen MR) is 382 cm³/mol. The Labute approximate surface area is 526 Å². The van der Waals surface area contributed by atoms with Crippen LogP contribution in [0.1, 0.15) is 22.6 Å². The summed E-state index contributed by atoms with van der Waals surface area (Å²) in [5.41, 5.74) is 26.0. The van der Waals surface area contributed by atoms with Crippen molar-refractivity contribution in [1.29, 1.82) is 0 Å². The van der Waals surface area contributed by atoms with E-state index < -0.39 is 0 Å². The largest absolute Gasteiger partial charge is 0.456 e. The summed E-state index contributed by atoms with van der Waals surface area (Å²) in [5, 5.41) is 11.9. The zero-order valence-corrected chi connectivity index (χ0v) is 49.6. The molecule has 2 aliphatic rings. The van der Waals surface area contributed by atoms with E-state index in [4.69, 9.17) is 4.42 Å². The molecule has 0 bridgehead atoms. The second-order valence-electron chi connectivity index (χ2n) is 24.6. The van der Waals surface area contributed by atoms with Crippen molar-refractivity contribution in [2.75, 3.05) is 0 Å². The molecule has 0 radical (unpaired) electrons. The molecule has 2 unspecified atom stereocenters. The standard InChI is InChI=1S/C88H56N2O/c1-5-21-55(22-6-1)59-38-44-79-74(49-59)75-50-60(56-23-7-2-8-24-56)39-45-80(75)89(79)87-70-33-17-13-29-66(70)85(67-30-14-18-34-71(67)87)63-42-48-83-78(53-63)65-43-37-64(54-84(65)91-83)86-68-31-15-19-35-72(68)88(73-36-20-16-32-69(73)86)90-81-46-40-61(57-25-9-3-10-26-57)51-76(81)77-52-62(41-47-82(77)90)58-27-11-4-12-28-58/h1-54,66,85H. The predicted octanol–water partition coefficient (Wildman–Crippen LogP) is 23.6. The molecule has 0 fully saturated rings. The number of hydrogen-bond donors (Lipinski definition) is 0. The van der Waals surface area contributed by atoms with Gasteiger partial charge < -0.3 is 13.6 Å². The van der Waals surface area contributed by atoms with Crippen molar-refractivity contribution in [3.05, 3.63) is 350 Å². The summed E-state index contributed by atoms with van der Waals surface area (Å²) in [6.07, 6.45) is 9.27. The van der Waals surface area contributed by atoms with E-state index in [1.807, 2.05) is 0 Å². The Kier molecular flexibility index (Phi) is 11.5. The fourth-order valence-corrected chi connectivity index (χ4v) is 15.6. The van der Waals surface area contributed by atoms with Gasteiger partial charge in [-0.15, -0.1) is 0 Å². The quantitative estimate of drug-likeness (QED) is 0.139. The minimum atomic E-state index is 0.0508. The highest BCUT2D eigenvalue weighted by molar-refractivity contribution is 6.22. The number of hydrogen-bond acceptors (Lipinski definition) is 1. The Balaban J connectivity index is 0.749. The molecule has 91 heavy (non-hydrogen) atoms. The lowest BCUT2D eigenvalue weighted by atomic mass is 9.69. The summed E-state index contributed by atoms with van der Waals surface area (Å²) in [6.45, 7) is 0. The minimum absolute atomic E-state index is 0.0508. The van der Waals surface area contributed by atoms with Crippen LogP contribution in [0.5, 0.6) is 0 Å². The Hall–Kier alpha value is -11.8. The first-order chi connectivity index (χ1) is 45.1. The fourth-order valence-electron chi connectivity index (χ4n) is 15.6. The molecule has 0 saturated heterocycles. The highest BCUT2D eigenvalue weighted by atomic mass is 16.3. The van der Waals surface area contributed by atoms with Gasteiger partial charge in [-0.25, -0.2) is 0 Å². The summed E-state index contributed by atoms with van der Waals surface area (Å²) < 4.78 is 12.1. The molecule has 3 heterocycles. The van der Waals surface area contributed by atoms with E-state index in [0.29, 0.717) is 0 Å². The molecule has 0 N–H and O–H groups in total. The Bertz CT molecular complexity index is 5690. The van der Waals surface area contributed by atoms with E-state index in [0.717, 1.165) is 27.5 Å². The summed E-state index contributed by atoms with van der Waals surface area (Å²) in [6, 6.07) is 112. The first kappa shape index (κ1) is 51.3. The summed E-state index contributed by atoms with van der Waals surface area (Å²) in [5.74, 6) is 0.122. The van der Waals surface area contributed by atoms with Crippen molar-refractivity contribution >= 4 is 92.8 Å². The van der Waals surface area contributed by atoms with Crippen molar-refractivity contribution in [1.82, 2.24) is 9.13 Å². The van der Waals surface area contributed by atoms with Gasteiger partial charge in [-0.1, -0.05) is 255 Å². The maximum atomic E-state index is 7.00. The van der Waals surface area contributed by atoms with Crippen molar-refractivity contribution in [3.63, 3.8) is 0 Å². The molecule has 0 spiro atoms. The Morgan fingerprint density at radius 1 is 0.286 bits per heavy atom. The lowest BCUT2D eigenvalue weighted by Gasteiger charge is -2.37. The van der Waals surface area contributed by atoms with Gasteiger partial charge in [-0.3, -0.25) is 0 Å². The Morgan fingerprint density at radius 2 is 0.736 bits per heavy atom. The van der Waals surface area contributed by atoms with E-state index in [1.54, 1.807) is 0 Å². The minimum Gasteiger partial charge on any atom is -0.456 e. The van der Waals surface area contributed by atoms with Crippen molar-refractivity contribution in [2.45, 2.75) is 5.92 Å². The third-order valence-electron chi connectivity index (χ3n) is 19.7. The number of allylic oxidation sites excluding steroid dienone is 5. The summed E-state index contributed by atoms with van der Waals surface area (Å²) >= 11 is 0. The molecule has 14 aromatic carbocycles. The first-order valence-corrected chi connectivity index (χ1v) is 31.6. The van der Waals surface area contributed by atoms with Crippen molar-refractivity contribution < 1.29 is 4.42 Å². The van der Waals surface area contributed by atoms with Crippen molar-refractivity contribution in [3.8, 4) is 61.3 Å². The average Bonchev–Trinajstić information content (AvgIpc) is 1.66. The highest BCUT2D eigenvalue weighted by Crippen LogP contribution is 2.53. The Morgan fingerprint density at radius 3 is 1.25 bits per heavy atom. The van der Waals surface area contributed by atoms with Crippen LogP contribution >= 0.6 is 0 Å². The molecular weight excluding hydrogens is 1100 g/mol. The molecule has 19 rings (SSSR count). The molecule has 0 aliphatic heterocycles. The van der Waals surface area contributed by atoms with Crippen LogP contribution in [-0.4, -0.2) is 9.13 Å². The third kappa shape index (κ3) is 8.01. The number of furan rings is 1. The number of nitrogens with zero attached hydrogens (tertiary/aromatic N) is 2. The first-order valence-electron chi connectivity index (χ1n) is 31.6. The van der Waals surface area contributed by atoms with Gasteiger partial charge in [0.15, 0.2) is 0 Å². The smallest absolute Gasteiger partial charge is 0.136 e. The molecule has 17 aromatic rings. The van der Waals surface area contributed by atoms with Gasteiger partial charge in [-0.2, -0.15) is 0 Å². The van der Waals surface area contributed by atoms with Gasteiger partial charge in [0, 0.05) is 60.5 Å². The number of fused-ring (bicyclic) bond motifs is 13. The van der Waals surface area contributed by atoms with Crippen LogP contribution < -0.4 is 0 Å². The topological polar surface area (TPSA) is 23.0 Å². The van der Waals surface area contributed by atoms with E-state index in [2.05, 4.69) is 337 Å². The monoisotopic (exact) mass is 1160 g/mol. The van der Waals surface area contributed by atoms with Gasteiger partial charge in [0.25, 0.3) is 0 Å². The second kappa shape index (κ2) is 20.4. The SMILES string of the molecule is C1=CC2=C(n3c4ccc(-c5ccccc5)cc4c4cc(-c5ccccc5)ccc43)c3ccccc3C(c3ccc4oc5cc(-c6c7ccccc7c(-n7c8ccc(-c9ccccc9)cc8c8cc(-c9ccccc9)ccc87)c7ccccc67)ccc5c4c3)C2C=C1. The van der Waals surface area contributed by atoms with Crippen LogP contribution in [0.15, 0.2) is 338 Å². The molecule has 3 nitrogen and oxygen atoms in total. The maximum absolute atomic E-state index is 7.00. The summed E-state index contributed by atoms with van der Waals surface area (Å²) in [4.78, 5) is 0. The van der Waals surface area contributed by atoms with E-state index in [1.165, 1.54) is 149 Å². The van der Waals surface area contributed by atoms with Crippen molar-refractivity contribution in [2.24, 2.45) is 5.92 Å². The van der Waals surface area contributed by atoms with Gasteiger partial charge in [-0.05, 0) is 156 Å². The zero-order chi connectivity index (χ0) is 59.7. The fraction of sp³-hybridized carbons (Fsp3) is 0.0227. The van der Waals surface area contributed by atoms with Gasteiger partial charge in [0.2, 0.25) is 0 Å². The summed E-state index contributed by atoms with van der Waals surface area (Å²) in [7, 11) is 0. The number of rotatable bonds is 8. The number of benzene rings is 14. The van der Waals surface area contributed by atoms with E-state index in [-0.39, 0.29) is 11.8 Å². The van der Waals surface area contributed by atoms with Crippen LogP contribution in [0.2, 0.25) is 0 Å². The molecule has 3 heteroatoms. The van der Waals surface area contributed by atoms with Gasteiger partial charge in [0.05, 0.1) is 33.5 Å². The van der Waals surface area contributed by atoms with E-state index >= 15 is 0 Å². The van der Waals surface area contributed by atoms with Crippen LogP contribution in [0, 0.1) is 5.92 Å². The second-order valence-corrected chi connectivity index (χ2v) is 24.6. The van der Waals surface area contributed by atoms with Gasteiger partial charge in [0.1, 0.15) is 11.2 Å². The van der Waals surface area contributed by atoms with Crippen LogP contribution in [-0.2, 0) is 0 Å². The molecule has 424 valence electrons. The molecule has 0 amide bonds. The van der Waals surface area contributed by atoms with E-state index in [9.17, 15) is 0 Å². The normalized spacial score (nSPS) is 14.7. The maximum Gasteiger partial charge on any atom is 0.136 e. The highest BCUT2D eigenvalue weighted by Gasteiger charge is 2.37. The molecule has 2 aliphatic carbocycles. The molecule has 0 saturated carbocycles. The lowest BCUT2D eigenvalue weighted by Crippen LogP contribution is -2.24. The number of aromatic nitrogens is 2. The van der Waals surface area contributed by atoms with Crippen LogP contribution in [0.25, 0.3) is 154 Å². The lowest BCUT2D eigenvalue weighted by molar-refractivity contribution is 0.643. The molecule has 3 aromatic heterocycles. The zero-order valence-electron chi connectivity index (χ0n) is 49.6. The average molecular weight is 1160 g/mol. The third-order valence-corrected chi connectivity index (χ3v) is 19.7. The van der Waals surface area contributed by atoms with Gasteiger partial charge >= 0.3 is 0 Å². The van der Waals surface area contributed by atoms with Crippen LogP contribution in [0.4, 0.5) is 0 Å². The van der Waals surface area contributed by atoms with Crippen LogP contribution in [0.3, 0.4) is 0 Å². The molecular formula is C88H56N2O.